The van der Waals surface area contributed by atoms with E-state index < -0.39 is 5.97 Å². The quantitative estimate of drug-likeness (QED) is 0.285. The summed E-state index contributed by atoms with van der Waals surface area (Å²) in [5, 5.41) is 4.46. The van der Waals surface area contributed by atoms with Gasteiger partial charge in [0.05, 0.1) is 18.7 Å². The Morgan fingerprint density at radius 2 is 2.35 bits per heavy atom. The number of aryl methyl sites for hydroxylation is 1. The molecule has 0 bridgehead atoms. The van der Waals surface area contributed by atoms with Crippen molar-refractivity contribution < 1.29 is 9.53 Å². The summed E-state index contributed by atoms with van der Waals surface area (Å²) in [6.45, 7) is 2.03. The highest BCUT2D eigenvalue weighted by Crippen LogP contribution is 2.27. The van der Waals surface area contributed by atoms with Crippen molar-refractivity contribution in [3.63, 3.8) is 0 Å². The van der Waals surface area contributed by atoms with Gasteiger partial charge < -0.3 is 9.30 Å². The number of carbonyl (C=O) groups is 1. The molecule has 0 saturated carbocycles. The molecule has 0 fully saturated rings. The summed E-state index contributed by atoms with van der Waals surface area (Å²) in [7, 11) is 1.73. The zero-order valence-corrected chi connectivity index (χ0v) is 11.8. The maximum Gasteiger partial charge on any atom is 0.340 e. The lowest BCUT2D eigenvalue weighted by Crippen LogP contribution is -2.08. The predicted molar refractivity (Wildman–Crippen MR) is 74.5 cm³/mol. The van der Waals surface area contributed by atoms with Crippen molar-refractivity contribution in [2.45, 2.75) is 13.5 Å². The first-order chi connectivity index (χ1) is 9.60. The van der Waals surface area contributed by atoms with Crippen molar-refractivity contribution >= 4 is 28.6 Å². The van der Waals surface area contributed by atoms with Gasteiger partial charge in [-0.05, 0) is 24.6 Å². The Labute approximate surface area is 119 Å². The molecular formula is C12H12ClN5O2. The number of rotatable bonds is 4. The van der Waals surface area contributed by atoms with E-state index in [9.17, 15) is 4.79 Å². The van der Waals surface area contributed by atoms with Crippen LogP contribution in [0.15, 0.2) is 17.2 Å². The van der Waals surface area contributed by atoms with Gasteiger partial charge in [-0.15, -0.1) is 0 Å². The van der Waals surface area contributed by atoms with E-state index in [0.29, 0.717) is 27.4 Å². The molecule has 0 aliphatic heterocycles. The molecule has 0 radical (unpaired) electrons. The average molecular weight is 294 g/mol. The van der Waals surface area contributed by atoms with Crippen molar-refractivity contribution in [2.75, 3.05) is 6.61 Å². The van der Waals surface area contributed by atoms with Crippen molar-refractivity contribution in [3.8, 4) is 0 Å². The van der Waals surface area contributed by atoms with E-state index in [-0.39, 0.29) is 13.2 Å². The van der Waals surface area contributed by atoms with Gasteiger partial charge in [-0.1, -0.05) is 16.7 Å². The van der Waals surface area contributed by atoms with Crippen LogP contribution in [0.25, 0.3) is 21.5 Å². The number of nitrogens with zero attached hydrogens (tertiary/aromatic N) is 5. The predicted octanol–water partition coefficient (Wildman–Crippen LogP) is 3.21. The molecule has 2 rings (SSSR count). The van der Waals surface area contributed by atoms with Gasteiger partial charge in [-0.2, -0.15) is 0 Å². The van der Waals surface area contributed by atoms with Crippen LogP contribution in [0, 0.1) is 0 Å². The van der Waals surface area contributed by atoms with E-state index in [1.54, 1.807) is 30.7 Å². The van der Waals surface area contributed by atoms with E-state index in [2.05, 4.69) is 15.0 Å². The number of halogens is 1. The minimum absolute atomic E-state index is 0.0368. The Kier molecular flexibility index (Phi) is 4.12. The largest absolute Gasteiger partial charge is 0.462 e. The van der Waals surface area contributed by atoms with Gasteiger partial charge >= 0.3 is 5.97 Å². The molecule has 2 aromatic heterocycles. The topological polar surface area (TPSA) is 92.9 Å². The number of pyridine rings is 1. The van der Waals surface area contributed by atoms with Crippen LogP contribution < -0.4 is 0 Å². The molecule has 0 spiro atoms. The van der Waals surface area contributed by atoms with Crippen molar-refractivity contribution in [1.29, 1.82) is 0 Å². The molecule has 0 amide bonds. The molecule has 104 valence electrons. The van der Waals surface area contributed by atoms with E-state index in [1.807, 2.05) is 0 Å². The standard InChI is InChI=1S/C12H12ClN5O2/c1-3-20-12(19)10-7-4-5-9(13)16-11(7)18(2)8(10)6-15-17-14/h4-5H,3,6H2,1-2H3. The molecular weight excluding hydrogens is 282 g/mol. The summed E-state index contributed by atoms with van der Waals surface area (Å²) in [6.07, 6.45) is 0. The lowest BCUT2D eigenvalue weighted by Gasteiger charge is -2.04. The van der Waals surface area contributed by atoms with Gasteiger partial charge in [0, 0.05) is 23.0 Å². The van der Waals surface area contributed by atoms with Crippen molar-refractivity contribution in [2.24, 2.45) is 12.2 Å². The number of hydrogen-bond acceptors (Lipinski definition) is 4. The van der Waals surface area contributed by atoms with Gasteiger partial charge in [0.2, 0.25) is 0 Å². The highest BCUT2D eigenvalue weighted by Gasteiger charge is 2.22. The summed E-state index contributed by atoms with van der Waals surface area (Å²) in [5.74, 6) is -0.467. The van der Waals surface area contributed by atoms with E-state index >= 15 is 0 Å². The third-order valence-corrected chi connectivity index (χ3v) is 3.10. The van der Waals surface area contributed by atoms with Crippen LogP contribution in [0.3, 0.4) is 0 Å². The van der Waals surface area contributed by atoms with Crippen LogP contribution in [0.4, 0.5) is 0 Å². The molecule has 0 aliphatic rings. The first-order valence-corrected chi connectivity index (χ1v) is 6.29. The summed E-state index contributed by atoms with van der Waals surface area (Å²) in [6, 6.07) is 3.31. The Morgan fingerprint density at radius 1 is 1.60 bits per heavy atom. The Bertz CT molecular complexity index is 718. The minimum atomic E-state index is -0.467. The molecule has 7 nitrogen and oxygen atoms in total. The summed E-state index contributed by atoms with van der Waals surface area (Å²) < 4.78 is 6.74. The van der Waals surface area contributed by atoms with Gasteiger partial charge in [0.25, 0.3) is 0 Å². The number of fused-ring (bicyclic) bond motifs is 1. The van der Waals surface area contributed by atoms with Crippen molar-refractivity contribution in [1.82, 2.24) is 9.55 Å². The monoisotopic (exact) mass is 293 g/mol. The average Bonchev–Trinajstić information content (AvgIpc) is 2.69. The van der Waals surface area contributed by atoms with E-state index in [4.69, 9.17) is 21.9 Å². The fourth-order valence-electron chi connectivity index (χ4n) is 2.04. The number of esters is 1. The molecule has 0 N–H and O–H groups in total. The fraction of sp³-hybridized carbons (Fsp3) is 0.333. The van der Waals surface area contributed by atoms with Gasteiger partial charge in [-0.25, -0.2) is 9.78 Å². The summed E-state index contributed by atoms with van der Waals surface area (Å²) >= 11 is 5.87. The molecule has 20 heavy (non-hydrogen) atoms. The Hall–Kier alpha value is -2.24. The summed E-state index contributed by atoms with van der Waals surface area (Å²) in [4.78, 5) is 19.0. The number of aromatic nitrogens is 2. The number of azide groups is 1. The van der Waals surface area contributed by atoms with Crippen LogP contribution in [0.5, 0.6) is 0 Å². The number of carbonyl (C=O) groups excluding carboxylic acids is 1. The van der Waals surface area contributed by atoms with Crippen LogP contribution in [0.2, 0.25) is 5.15 Å². The van der Waals surface area contributed by atoms with Gasteiger partial charge in [0.1, 0.15) is 10.8 Å². The van der Waals surface area contributed by atoms with Crippen LogP contribution >= 0.6 is 11.6 Å². The zero-order valence-electron chi connectivity index (χ0n) is 11.0. The minimum Gasteiger partial charge on any atom is -0.462 e. The first-order valence-electron chi connectivity index (χ1n) is 5.92. The van der Waals surface area contributed by atoms with Gasteiger partial charge in [0.15, 0.2) is 0 Å². The van der Waals surface area contributed by atoms with Gasteiger partial charge in [-0.3, -0.25) is 0 Å². The Morgan fingerprint density at radius 3 is 3.00 bits per heavy atom. The third kappa shape index (κ3) is 2.41. The second-order valence-electron chi connectivity index (χ2n) is 4.00. The highest BCUT2D eigenvalue weighted by atomic mass is 35.5. The lowest BCUT2D eigenvalue weighted by atomic mass is 10.1. The van der Waals surface area contributed by atoms with Crippen LogP contribution in [-0.2, 0) is 18.3 Å². The zero-order chi connectivity index (χ0) is 14.7. The molecule has 0 atom stereocenters. The van der Waals surface area contributed by atoms with E-state index in [1.165, 1.54) is 0 Å². The smallest absolute Gasteiger partial charge is 0.340 e. The molecule has 0 aromatic carbocycles. The van der Waals surface area contributed by atoms with Crippen molar-refractivity contribution in [3.05, 3.63) is 39.0 Å². The molecule has 0 unspecified atom stereocenters. The van der Waals surface area contributed by atoms with E-state index in [0.717, 1.165) is 0 Å². The number of hydrogen-bond donors (Lipinski definition) is 0. The highest BCUT2D eigenvalue weighted by molar-refractivity contribution is 6.29. The summed E-state index contributed by atoms with van der Waals surface area (Å²) in [5.41, 5.74) is 9.92. The third-order valence-electron chi connectivity index (χ3n) is 2.88. The molecule has 2 aromatic rings. The van der Waals surface area contributed by atoms with Crippen LogP contribution in [0.1, 0.15) is 23.0 Å². The lowest BCUT2D eigenvalue weighted by molar-refractivity contribution is 0.0527. The molecule has 2 heterocycles. The molecule has 0 saturated heterocycles. The second kappa shape index (κ2) is 5.81. The molecule has 8 heteroatoms. The molecule has 0 aliphatic carbocycles. The Balaban J connectivity index is 2.72. The normalized spacial score (nSPS) is 10.3. The SMILES string of the molecule is CCOC(=O)c1c(CN=[N+]=[N-])n(C)c2nc(Cl)ccc12. The maximum atomic E-state index is 12.1. The fourth-order valence-corrected chi connectivity index (χ4v) is 2.18. The number of ether oxygens (including phenoxy) is 1. The maximum absolute atomic E-state index is 12.1. The second-order valence-corrected chi connectivity index (χ2v) is 4.38. The first kappa shape index (κ1) is 14.2. The van der Waals surface area contributed by atoms with Crippen LogP contribution in [-0.4, -0.2) is 22.1 Å².